The summed E-state index contributed by atoms with van der Waals surface area (Å²) in [7, 11) is 1.60. The molecule has 1 heterocycles. The highest BCUT2D eigenvalue weighted by molar-refractivity contribution is 5.91. The van der Waals surface area contributed by atoms with Gasteiger partial charge in [0.05, 0.1) is 12.8 Å². The summed E-state index contributed by atoms with van der Waals surface area (Å²) in [5.74, 6) is 0.742. The van der Waals surface area contributed by atoms with E-state index in [1.807, 2.05) is 18.2 Å². The summed E-state index contributed by atoms with van der Waals surface area (Å²) in [5, 5.41) is 4.43. The number of nitrogens with one attached hydrogen (secondary N) is 1. The number of fused-ring (bicyclic) bond motifs is 1. The van der Waals surface area contributed by atoms with Gasteiger partial charge in [-0.15, -0.1) is 0 Å². The Morgan fingerprint density at radius 3 is 3.07 bits per heavy atom. The highest BCUT2D eigenvalue weighted by Gasteiger charge is 2.02. The van der Waals surface area contributed by atoms with Gasteiger partial charge in [-0.05, 0) is 23.7 Å². The number of H-pyrrole nitrogens is 1. The quantitative estimate of drug-likeness (QED) is 0.438. The van der Waals surface area contributed by atoms with E-state index in [-0.39, 0.29) is 0 Å². The van der Waals surface area contributed by atoms with Crippen molar-refractivity contribution in [1.29, 1.82) is 0 Å². The molecule has 0 bridgehead atoms. The van der Waals surface area contributed by atoms with E-state index >= 15 is 0 Å². The number of aromatic nitrogens is 1. The number of azide groups is 1. The van der Waals surface area contributed by atoms with E-state index in [1.54, 1.807) is 13.3 Å². The lowest BCUT2D eigenvalue weighted by Crippen LogP contribution is -1.80. The number of nitrogens with zero attached hydrogens (tertiary/aromatic N) is 3. The third-order valence-corrected chi connectivity index (χ3v) is 2.02. The Bertz CT molecular complexity index is 511. The Balaban J connectivity index is 2.69. The smallest absolute Gasteiger partial charge is 0.119 e. The van der Waals surface area contributed by atoms with E-state index in [1.165, 1.54) is 0 Å². The topological polar surface area (TPSA) is 73.8 Å². The molecule has 2 rings (SSSR count). The average Bonchev–Trinajstić information content (AvgIpc) is 2.61. The van der Waals surface area contributed by atoms with Crippen LogP contribution in [-0.4, -0.2) is 12.1 Å². The van der Waals surface area contributed by atoms with E-state index in [4.69, 9.17) is 10.3 Å². The normalized spacial score (nSPS) is 9.79. The maximum atomic E-state index is 8.34. The zero-order valence-corrected chi connectivity index (χ0v) is 7.56. The van der Waals surface area contributed by atoms with Gasteiger partial charge in [0.1, 0.15) is 5.75 Å². The largest absolute Gasteiger partial charge is 0.497 e. The number of rotatable bonds is 2. The van der Waals surface area contributed by atoms with Crippen LogP contribution in [0.4, 0.5) is 5.69 Å². The van der Waals surface area contributed by atoms with Gasteiger partial charge in [0.15, 0.2) is 0 Å². The molecular formula is C9H8N4O. The fourth-order valence-corrected chi connectivity index (χ4v) is 1.34. The Labute approximate surface area is 79.9 Å². The predicted molar refractivity (Wildman–Crippen MR) is 53.7 cm³/mol. The number of hydrogen-bond donors (Lipinski definition) is 1. The van der Waals surface area contributed by atoms with Crippen molar-refractivity contribution in [1.82, 2.24) is 4.98 Å². The van der Waals surface area contributed by atoms with Gasteiger partial charge in [0.25, 0.3) is 0 Å². The maximum absolute atomic E-state index is 8.34. The summed E-state index contributed by atoms with van der Waals surface area (Å²) in [5.41, 5.74) is 9.85. The molecule has 0 spiro atoms. The van der Waals surface area contributed by atoms with Crippen LogP contribution in [0.15, 0.2) is 29.5 Å². The Morgan fingerprint density at radius 1 is 1.50 bits per heavy atom. The zero-order valence-electron chi connectivity index (χ0n) is 7.56. The summed E-state index contributed by atoms with van der Waals surface area (Å²) >= 11 is 0. The van der Waals surface area contributed by atoms with Crippen molar-refractivity contribution in [3.8, 4) is 5.75 Å². The first-order chi connectivity index (χ1) is 6.85. The molecule has 0 aliphatic heterocycles. The molecule has 0 amide bonds. The van der Waals surface area contributed by atoms with Crippen LogP contribution in [0.3, 0.4) is 0 Å². The number of methoxy groups -OCH3 is 1. The van der Waals surface area contributed by atoms with Crippen LogP contribution in [-0.2, 0) is 0 Å². The van der Waals surface area contributed by atoms with Crippen molar-refractivity contribution in [2.24, 2.45) is 5.11 Å². The van der Waals surface area contributed by atoms with Crippen LogP contribution < -0.4 is 4.74 Å². The molecule has 0 atom stereocenters. The molecule has 1 N–H and O–H groups in total. The second-order valence-corrected chi connectivity index (χ2v) is 2.77. The maximum Gasteiger partial charge on any atom is 0.119 e. The van der Waals surface area contributed by atoms with E-state index in [0.29, 0.717) is 5.69 Å². The lowest BCUT2D eigenvalue weighted by molar-refractivity contribution is 0.415. The molecule has 0 unspecified atom stereocenters. The van der Waals surface area contributed by atoms with Crippen LogP contribution in [0, 0.1) is 0 Å². The molecule has 0 aliphatic carbocycles. The monoisotopic (exact) mass is 188 g/mol. The minimum absolute atomic E-state index is 0.585. The van der Waals surface area contributed by atoms with Crippen LogP contribution >= 0.6 is 0 Å². The molecule has 0 radical (unpaired) electrons. The summed E-state index contributed by atoms with van der Waals surface area (Å²) in [6, 6.07) is 5.55. The zero-order chi connectivity index (χ0) is 9.97. The SMILES string of the molecule is COc1ccc2[nH]cc(N=[N+]=[N-])c2c1. The second kappa shape index (κ2) is 3.32. The summed E-state index contributed by atoms with van der Waals surface area (Å²) in [6.07, 6.45) is 1.67. The van der Waals surface area contributed by atoms with Crippen LogP contribution in [0.5, 0.6) is 5.75 Å². The molecule has 0 saturated heterocycles. The van der Waals surface area contributed by atoms with E-state index < -0.39 is 0 Å². The fourth-order valence-electron chi connectivity index (χ4n) is 1.34. The van der Waals surface area contributed by atoms with Crippen molar-refractivity contribution < 1.29 is 4.74 Å². The van der Waals surface area contributed by atoms with Crippen molar-refractivity contribution in [3.05, 3.63) is 34.8 Å². The number of hydrogen-bond acceptors (Lipinski definition) is 2. The lowest BCUT2D eigenvalue weighted by atomic mass is 10.2. The summed E-state index contributed by atoms with van der Waals surface area (Å²) < 4.78 is 5.08. The van der Waals surface area contributed by atoms with Gasteiger partial charge in [-0.3, -0.25) is 0 Å². The first-order valence-corrected chi connectivity index (χ1v) is 4.05. The molecule has 2 aromatic rings. The van der Waals surface area contributed by atoms with Gasteiger partial charge in [0.2, 0.25) is 0 Å². The second-order valence-electron chi connectivity index (χ2n) is 2.77. The predicted octanol–water partition coefficient (Wildman–Crippen LogP) is 3.12. The molecule has 5 heteroatoms. The Kier molecular flexibility index (Phi) is 2.01. The molecular weight excluding hydrogens is 180 g/mol. The molecule has 0 saturated carbocycles. The highest BCUT2D eigenvalue weighted by atomic mass is 16.5. The molecule has 70 valence electrons. The summed E-state index contributed by atoms with van der Waals surface area (Å²) in [6.45, 7) is 0. The van der Waals surface area contributed by atoms with Crippen molar-refractivity contribution in [3.63, 3.8) is 0 Å². The third-order valence-electron chi connectivity index (χ3n) is 2.02. The third kappa shape index (κ3) is 1.26. The van der Waals surface area contributed by atoms with Gasteiger partial charge in [0, 0.05) is 22.0 Å². The number of aromatic amines is 1. The summed E-state index contributed by atoms with van der Waals surface area (Å²) in [4.78, 5) is 5.75. The Morgan fingerprint density at radius 2 is 2.36 bits per heavy atom. The van der Waals surface area contributed by atoms with Gasteiger partial charge in [-0.2, -0.15) is 0 Å². The fraction of sp³-hybridized carbons (Fsp3) is 0.111. The number of benzene rings is 1. The molecule has 14 heavy (non-hydrogen) atoms. The van der Waals surface area contributed by atoms with Gasteiger partial charge < -0.3 is 9.72 Å². The van der Waals surface area contributed by atoms with E-state index in [2.05, 4.69) is 15.0 Å². The van der Waals surface area contributed by atoms with Crippen LogP contribution in [0.2, 0.25) is 0 Å². The first kappa shape index (κ1) is 8.47. The van der Waals surface area contributed by atoms with Gasteiger partial charge in [-0.25, -0.2) is 0 Å². The van der Waals surface area contributed by atoms with Crippen molar-refractivity contribution >= 4 is 16.6 Å². The van der Waals surface area contributed by atoms with Crippen LogP contribution in [0.1, 0.15) is 0 Å². The number of ether oxygens (including phenoxy) is 1. The van der Waals surface area contributed by atoms with Gasteiger partial charge >= 0.3 is 0 Å². The average molecular weight is 188 g/mol. The van der Waals surface area contributed by atoms with Crippen molar-refractivity contribution in [2.45, 2.75) is 0 Å². The van der Waals surface area contributed by atoms with Crippen LogP contribution in [0.25, 0.3) is 21.3 Å². The minimum atomic E-state index is 0.585. The standard InChI is InChI=1S/C9H8N4O/c1-14-6-2-3-8-7(4-6)9(5-11-8)12-13-10/h2-5,11H,1H3. The Hall–Kier alpha value is -2.13. The van der Waals surface area contributed by atoms with Crippen molar-refractivity contribution in [2.75, 3.05) is 7.11 Å². The minimum Gasteiger partial charge on any atom is -0.497 e. The molecule has 0 aliphatic rings. The molecule has 1 aromatic carbocycles. The van der Waals surface area contributed by atoms with E-state index in [0.717, 1.165) is 16.7 Å². The van der Waals surface area contributed by atoms with E-state index in [9.17, 15) is 0 Å². The highest BCUT2D eigenvalue weighted by Crippen LogP contribution is 2.29. The first-order valence-electron chi connectivity index (χ1n) is 4.05. The van der Waals surface area contributed by atoms with Gasteiger partial charge in [-0.1, -0.05) is 5.11 Å². The molecule has 5 nitrogen and oxygen atoms in total. The molecule has 0 fully saturated rings. The molecule has 1 aromatic heterocycles. The lowest BCUT2D eigenvalue weighted by Gasteiger charge is -1.98.